The van der Waals surface area contributed by atoms with Crippen molar-refractivity contribution in [3.05, 3.63) is 82.4 Å². The number of amides is 2. The second kappa shape index (κ2) is 15.2. The second-order valence-electron chi connectivity index (χ2n) is 9.69. The van der Waals surface area contributed by atoms with Crippen molar-refractivity contribution in [2.45, 2.75) is 65.1 Å². The number of carbonyl (C=O) groups is 2. The molecule has 2 aromatic heterocycles. The summed E-state index contributed by atoms with van der Waals surface area (Å²) in [5, 5.41) is 23.5. The molecule has 0 aliphatic heterocycles. The Morgan fingerprint density at radius 2 is 1.70 bits per heavy atom. The Morgan fingerprint density at radius 1 is 1.02 bits per heavy atom. The molecule has 11 heteroatoms. The molecular formula is C29H38F2N6O3. The molecule has 40 heavy (non-hydrogen) atoms. The Bertz CT molecular complexity index is 1240. The number of aliphatic hydroxyl groups excluding tert-OH is 1. The maximum absolute atomic E-state index is 13.9. The van der Waals surface area contributed by atoms with Crippen LogP contribution in [-0.2, 0) is 19.4 Å². The minimum Gasteiger partial charge on any atom is -0.390 e. The first-order valence-electron chi connectivity index (χ1n) is 13.7. The van der Waals surface area contributed by atoms with Gasteiger partial charge in [-0.1, -0.05) is 26.8 Å². The van der Waals surface area contributed by atoms with Crippen molar-refractivity contribution in [2.24, 2.45) is 0 Å². The van der Waals surface area contributed by atoms with E-state index >= 15 is 0 Å². The molecule has 0 saturated carbocycles. The molecule has 2 heterocycles. The van der Waals surface area contributed by atoms with Crippen LogP contribution in [0.5, 0.6) is 0 Å². The number of aliphatic hydroxyl groups is 1. The standard InChI is InChI=1S/C29H38F2N6O3/c1-4-10-37(11-5-2)29(40)26-16-25(35-36-26)28(39)34-24(14-19-12-20(30)15-21(31)13-19)27(38)18-32-17-23-9-7-8-22(6-3)33-23/h7-9,12-13,15-16,24,27,32,38H,4-6,10-11,14,17-18H2,1-3H3,(H,34,39)(H,35,36)/t24-,27+/m0/s1. The van der Waals surface area contributed by atoms with Gasteiger partial charge in [0, 0.05) is 44.0 Å². The zero-order chi connectivity index (χ0) is 29.1. The molecule has 0 aliphatic rings. The summed E-state index contributed by atoms with van der Waals surface area (Å²) in [6.07, 6.45) is 1.23. The fourth-order valence-corrected chi connectivity index (χ4v) is 4.40. The highest BCUT2D eigenvalue weighted by atomic mass is 19.1. The van der Waals surface area contributed by atoms with Gasteiger partial charge in [-0.15, -0.1) is 0 Å². The first-order chi connectivity index (χ1) is 19.2. The average Bonchev–Trinajstić information content (AvgIpc) is 3.42. The molecule has 0 spiro atoms. The topological polar surface area (TPSA) is 123 Å². The van der Waals surface area contributed by atoms with E-state index in [4.69, 9.17) is 0 Å². The van der Waals surface area contributed by atoms with Crippen LogP contribution in [-0.4, -0.2) is 68.8 Å². The van der Waals surface area contributed by atoms with Crippen LogP contribution < -0.4 is 10.6 Å². The van der Waals surface area contributed by atoms with Crippen LogP contribution in [0.2, 0.25) is 0 Å². The summed E-state index contributed by atoms with van der Waals surface area (Å²) in [4.78, 5) is 32.2. The van der Waals surface area contributed by atoms with Crippen molar-refractivity contribution < 1.29 is 23.5 Å². The van der Waals surface area contributed by atoms with Crippen molar-refractivity contribution in [3.8, 4) is 0 Å². The lowest BCUT2D eigenvalue weighted by Crippen LogP contribution is -2.48. The molecule has 0 bridgehead atoms. The molecule has 3 aromatic rings. The number of nitrogens with zero attached hydrogens (tertiary/aromatic N) is 3. The smallest absolute Gasteiger partial charge is 0.272 e. The number of hydrogen-bond acceptors (Lipinski definition) is 6. The Hall–Kier alpha value is -3.70. The summed E-state index contributed by atoms with van der Waals surface area (Å²) < 4.78 is 27.7. The van der Waals surface area contributed by atoms with Gasteiger partial charge < -0.3 is 20.6 Å². The third-order valence-corrected chi connectivity index (χ3v) is 6.36. The number of carbonyl (C=O) groups excluding carboxylic acids is 2. The molecule has 2 atom stereocenters. The monoisotopic (exact) mass is 556 g/mol. The van der Waals surface area contributed by atoms with E-state index in [1.807, 2.05) is 39.0 Å². The first-order valence-corrected chi connectivity index (χ1v) is 13.7. The van der Waals surface area contributed by atoms with Crippen LogP contribution in [0.25, 0.3) is 0 Å². The van der Waals surface area contributed by atoms with Crippen LogP contribution in [0, 0.1) is 11.6 Å². The van der Waals surface area contributed by atoms with Crippen LogP contribution in [0.3, 0.4) is 0 Å². The molecule has 0 unspecified atom stereocenters. The third-order valence-electron chi connectivity index (χ3n) is 6.36. The number of pyridine rings is 1. The number of H-pyrrole nitrogens is 1. The highest BCUT2D eigenvalue weighted by Crippen LogP contribution is 2.13. The summed E-state index contributed by atoms with van der Waals surface area (Å²) in [7, 11) is 0. The van der Waals surface area contributed by atoms with Crippen molar-refractivity contribution >= 4 is 11.8 Å². The van der Waals surface area contributed by atoms with E-state index in [0.717, 1.165) is 48.8 Å². The van der Waals surface area contributed by atoms with E-state index in [1.165, 1.54) is 6.07 Å². The largest absolute Gasteiger partial charge is 0.390 e. The van der Waals surface area contributed by atoms with E-state index in [2.05, 4.69) is 25.8 Å². The molecule has 0 radical (unpaired) electrons. The molecular weight excluding hydrogens is 518 g/mol. The van der Waals surface area contributed by atoms with Gasteiger partial charge in [-0.25, -0.2) is 8.78 Å². The van der Waals surface area contributed by atoms with E-state index in [-0.39, 0.29) is 35.8 Å². The van der Waals surface area contributed by atoms with Gasteiger partial charge in [-0.3, -0.25) is 19.7 Å². The van der Waals surface area contributed by atoms with Gasteiger partial charge in [0.25, 0.3) is 11.8 Å². The second-order valence-corrected chi connectivity index (χ2v) is 9.69. The Morgan fingerprint density at radius 3 is 2.35 bits per heavy atom. The fraction of sp³-hybridized carbons (Fsp3) is 0.448. The molecule has 3 rings (SSSR count). The van der Waals surface area contributed by atoms with Crippen LogP contribution in [0.1, 0.15) is 71.5 Å². The molecule has 2 amide bonds. The Labute approximate surface area is 233 Å². The number of aromatic nitrogens is 3. The lowest BCUT2D eigenvalue weighted by atomic mass is 10.0. The van der Waals surface area contributed by atoms with Gasteiger partial charge in [0.05, 0.1) is 17.8 Å². The maximum Gasteiger partial charge on any atom is 0.272 e. The Kier molecular flexibility index (Phi) is 11.7. The van der Waals surface area contributed by atoms with Crippen molar-refractivity contribution in [1.29, 1.82) is 0 Å². The summed E-state index contributed by atoms with van der Waals surface area (Å²) in [5.41, 5.74) is 2.16. The minimum absolute atomic E-state index is 0.0348. The molecule has 0 fully saturated rings. The van der Waals surface area contributed by atoms with E-state index in [1.54, 1.807) is 4.90 Å². The molecule has 4 N–H and O–H groups in total. The van der Waals surface area contributed by atoms with E-state index < -0.39 is 29.7 Å². The summed E-state index contributed by atoms with van der Waals surface area (Å²) in [6, 6.07) is 9.23. The maximum atomic E-state index is 13.9. The number of nitrogens with one attached hydrogen (secondary N) is 3. The lowest BCUT2D eigenvalue weighted by molar-refractivity contribution is 0.0749. The molecule has 1 aromatic carbocycles. The SMILES string of the molecule is CCCN(CCC)C(=O)c1cc(C(=O)N[C@@H](Cc2cc(F)cc(F)c2)[C@H](O)CNCc2cccc(CC)n2)n[nH]1. The summed E-state index contributed by atoms with van der Waals surface area (Å²) in [6.45, 7) is 7.59. The van der Waals surface area contributed by atoms with Crippen molar-refractivity contribution in [2.75, 3.05) is 19.6 Å². The minimum atomic E-state index is -1.12. The number of aromatic amines is 1. The van der Waals surface area contributed by atoms with Crippen molar-refractivity contribution in [1.82, 2.24) is 30.7 Å². The number of hydrogen-bond donors (Lipinski definition) is 4. The predicted molar refractivity (Wildman–Crippen MR) is 148 cm³/mol. The molecule has 9 nitrogen and oxygen atoms in total. The fourth-order valence-electron chi connectivity index (χ4n) is 4.40. The number of benzene rings is 1. The number of halogens is 2. The van der Waals surface area contributed by atoms with Gasteiger partial charge in [-0.05, 0) is 55.5 Å². The lowest BCUT2D eigenvalue weighted by Gasteiger charge is -2.24. The molecule has 0 saturated heterocycles. The van der Waals surface area contributed by atoms with E-state index in [9.17, 15) is 23.5 Å². The quantitative estimate of drug-likeness (QED) is 0.228. The van der Waals surface area contributed by atoms with E-state index in [0.29, 0.717) is 19.6 Å². The summed E-state index contributed by atoms with van der Waals surface area (Å²) in [5.74, 6) is -2.40. The normalized spacial score (nSPS) is 12.7. The zero-order valence-electron chi connectivity index (χ0n) is 23.2. The van der Waals surface area contributed by atoms with Crippen LogP contribution in [0.4, 0.5) is 8.78 Å². The van der Waals surface area contributed by atoms with Gasteiger partial charge in [-0.2, -0.15) is 5.10 Å². The van der Waals surface area contributed by atoms with Crippen molar-refractivity contribution in [3.63, 3.8) is 0 Å². The van der Waals surface area contributed by atoms with Gasteiger partial charge in [0.1, 0.15) is 17.3 Å². The predicted octanol–water partition coefficient (Wildman–Crippen LogP) is 3.40. The van der Waals surface area contributed by atoms with Gasteiger partial charge in [0.15, 0.2) is 5.69 Å². The third kappa shape index (κ3) is 8.92. The average molecular weight is 557 g/mol. The van der Waals surface area contributed by atoms with Gasteiger partial charge >= 0.3 is 0 Å². The zero-order valence-corrected chi connectivity index (χ0v) is 23.2. The van der Waals surface area contributed by atoms with Crippen LogP contribution in [0.15, 0.2) is 42.5 Å². The highest BCUT2D eigenvalue weighted by molar-refractivity contribution is 5.97. The first kappa shape index (κ1) is 30.8. The van der Waals surface area contributed by atoms with Crippen LogP contribution >= 0.6 is 0 Å². The number of rotatable bonds is 15. The molecule has 216 valence electrons. The Balaban J connectivity index is 1.72. The highest BCUT2D eigenvalue weighted by Gasteiger charge is 2.25. The van der Waals surface area contributed by atoms with Gasteiger partial charge in [0.2, 0.25) is 0 Å². The molecule has 0 aliphatic carbocycles. The summed E-state index contributed by atoms with van der Waals surface area (Å²) >= 11 is 0. The number of aryl methyl sites for hydroxylation is 1.